The number of likely N-dealkylation sites (N-methyl/N-ethyl adjacent to an activating group) is 1. The van der Waals surface area contributed by atoms with Gasteiger partial charge in [0.2, 0.25) is 0 Å². The van der Waals surface area contributed by atoms with Crippen LogP contribution < -0.4 is 5.32 Å². The van der Waals surface area contributed by atoms with Crippen molar-refractivity contribution in [3.8, 4) is 0 Å². The van der Waals surface area contributed by atoms with Crippen LogP contribution in [0.25, 0.3) is 0 Å². The summed E-state index contributed by atoms with van der Waals surface area (Å²) in [6.07, 6.45) is 0.651. The van der Waals surface area contributed by atoms with Crippen molar-refractivity contribution >= 4 is 15.9 Å². The van der Waals surface area contributed by atoms with Gasteiger partial charge in [-0.15, -0.1) is 0 Å². The second-order valence-corrected chi connectivity index (χ2v) is 5.82. The topological polar surface area (TPSA) is 12.0 Å². The summed E-state index contributed by atoms with van der Waals surface area (Å²) in [5.74, 6) is -0.157. The van der Waals surface area contributed by atoms with Gasteiger partial charge in [0, 0.05) is 10.5 Å². The molecule has 1 N–H and O–H groups in total. The summed E-state index contributed by atoms with van der Waals surface area (Å²) in [4.78, 5) is 0. The van der Waals surface area contributed by atoms with Crippen molar-refractivity contribution in [1.29, 1.82) is 0 Å². The Morgan fingerprint density at radius 2 is 1.95 bits per heavy atom. The molecule has 0 aliphatic heterocycles. The van der Waals surface area contributed by atoms with Gasteiger partial charge in [-0.25, -0.2) is 4.39 Å². The van der Waals surface area contributed by atoms with E-state index in [0.717, 1.165) is 16.6 Å². The summed E-state index contributed by atoms with van der Waals surface area (Å²) < 4.78 is 14.8. The molecule has 2 rings (SSSR count). The van der Waals surface area contributed by atoms with Crippen LogP contribution in [0.3, 0.4) is 0 Å². The Morgan fingerprint density at radius 3 is 2.60 bits per heavy atom. The summed E-state index contributed by atoms with van der Waals surface area (Å²) in [7, 11) is 0. The van der Waals surface area contributed by atoms with Crippen molar-refractivity contribution in [3.05, 3.63) is 69.4 Å². The zero-order valence-electron chi connectivity index (χ0n) is 11.8. The minimum absolute atomic E-state index is 0.136. The number of nitrogens with one attached hydrogen (secondary N) is 1. The fraction of sp³-hybridized carbons (Fsp3) is 0.294. The standard InChI is InChI=1S/C17H19BrFN/c1-3-20-17(15-7-5-4-6-12(15)2)10-13-8-9-14(18)11-16(13)19/h4-9,11,17,20H,3,10H2,1-2H3. The summed E-state index contributed by atoms with van der Waals surface area (Å²) in [6, 6.07) is 13.7. The first kappa shape index (κ1) is 15.2. The van der Waals surface area contributed by atoms with Crippen LogP contribution in [0.15, 0.2) is 46.9 Å². The van der Waals surface area contributed by atoms with Gasteiger partial charge in [-0.05, 0) is 48.7 Å². The molecule has 0 saturated carbocycles. The highest BCUT2D eigenvalue weighted by Crippen LogP contribution is 2.24. The van der Waals surface area contributed by atoms with E-state index < -0.39 is 0 Å². The lowest BCUT2D eigenvalue weighted by molar-refractivity contribution is 0.526. The zero-order chi connectivity index (χ0) is 14.5. The minimum Gasteiger partial charge on any atom is -0.310 e. The van der Waals surface area contributed by atoms with E-state index in [9.17, 15) is 4.39 Å². The lowest BCUT2D eigenvalue weighted by Crippen LogP contribution is -2.24. The SMILES string of the molecule is CCNC(Cc1ccc(Br)cc1F)c1ccccc1C. The molecule has 20 heavy (non-hydrogen) atoms. The highest BCUT2D eigenvalue weighted by atomic mass is 79.9. The van der Waals surface area contributed by atoms with Crippen molar-refractivity contribution in [1.82, 2.24) is 5.32 Å². The van der Waals surface area contributed by atoms with E-state index in [2.05, 4.69) is 47.2 Å². The summed E-state index contributed by atoms with van der Waals surface area (Å²) in [6.45, 7) is 5.03. The van der Waals surface area contributed by atoms with Gasteiger partial charge in [0.25, 0.3) is 0 Å². The number of benzene rings is 2. The molecule has 0 bridgehead atoms. The Bertz CT molecular complexity index is 583. The number of halogens is 2. The van der Waals surface area contributed by atoms with Gasteiger partial charge in [0.15, 0.2) is 0 Å². The molecule has 3 heteroatoms. The van der Waals surface area contributed by atoms with E-state index >= 15 is 0 Å². The van der Waals surface area contributed by atoms with Crippen LogP contribution in [-0.4, -0.2) is 6.54 Å². The molecule has 0 spiro atoms. The van der Waals surface area contributed by atoms with E-state index in [1.807, 2.05) is 24.3 Å². The van der Waals surface area contributed by atoms with Crippen LogP contribution in [0.2, 0.25) is 0 Å². The minimum atomic E-state index is -0.157. The first-order chi connectivity index (χ1) is 9.61. The molecular weight excluding hydrogens is 317 g/mol. The fourth-order valence-electron chi connectivity index (χ4n) is 2.42. The predicted octanol–water partition coefficient (Wildman–Crippen LogP) is 4.79. The van der Waals surface area contributed by atoms with E-state index in [0.29, 0.717) is 6.42 Å². The van der Waals surface area contributed by atoms with Crippen LogP contribution >= 0.6 is 15.9 Å². The van der Waals surface area contributed by atoms with Crippen LogP contribution in [0, 0.1) is 12.7 Å². The molecule has 0 aliphatic carbocycles. The van der Waals surface area contributed by atoms with E-state index in [1.165, 1.54) is 17.2 Å². The molecule has 1 unspecified atom stereocenters. The van der Waals surface area contributed by atoms with Gasteiger partial charge >= 0.3 is 0 Å². The smallest absolute Gasteiger partial charge is 0.127 e. The predicted molar refractivity (Wildman–Crippen MR) is 85.4 cm³/mol. The third-order valence-electron chi connectivity index (χ3n) is 3.45. The van der Waals surface area contributed by atoms with Crippen molar-refractivity contribution in [2.75, 3.05) is 6.54 Å². The third-order valence-corrected chi connectivity index (χ3v) is 3.95. The molecule has 1 atom stereocenters. The lowest BCUT2D eigenvalue weighted by Gasteiger charge is -2.21. The highest BCUT2D eigenvalue weighted by Gasteiger charge is 2.15. The first-order valence-electron chi connectivity index (χ1n) is 6.84. The maximum Gasteiger partial charge on any atom is 0.127 e. The third kappa shape index (κ3) is 3.68. The van der Waals surface area contributed by atoms with Gasteiger partial charge < -0.3 is 5.32 Å². The van der Waals surface area contributed by atoms with Crippen molar-refractivity contribution in [3.63, 3.8) is 0 Å². The Kier molecular flexibility index (Phi) is 5.32. The van der Waals surface area contributed by atoms with Gasteiger partial charge in [0.1, 0.15) is 5.82 Å². The molecule has 1 nitrogen and oxygen atoms in total. The monoisotopic (exact) mass is 335 g/mol. The van der Waals surface area contributed by atoms with Crippen LogP contribution in [0.1, 0.15) is 29.7 Å². The Balaban J connectivity index is 2.28. The van der Waals surface area contributed by atoms with Crippen LogP contribution in [0.5, 0.6) is 0 Å². The number of aryl methyl sites for hydroxylation is 1. The molecule has 0 fully saturated rings. The summed E-state index contributed by atoms with van der Waals surface area (Å²) >= 11 is 3.29. The second kappa shape index (κ2) is 7.00. The van der Waals surface area contributed by atoms with Gasteiger partial charge in [0.05, 0.1) is 0 Å². The number of hydrogen-bond donors (Lipinski definition) is 1. The maximum absolute atomic E-state index is 14.0. The quantitative estimate of drug-likeness (QED) is 0.828. The molecule has 0 aliphatic rings. The summed E-state index contributed by atoms with van der Waals surface area (Å²) in [5, 5.41) is 3.45. The van der Waals surface area contributed by atoms with Crippen molar-refractivity contribution < 1.29 is 4.39 Å². The molecule has 2 aromatic rings. The lowest BCUT2D eigenvalue weighted by atomic mass is 9.95. The molecule has 0 amide bonds. The largest absolute Gasteiger partial charge is 0.310 e. The second-order valence-electron chi connectivity index (χ2n) is 4.91. The fourth-order valence-corrected chi connectivity index (χ4v) is 2.76. The van der Waals surface area contributed by atoms with E-state index in [1.54, 1.807) is 0 Å². The molecule has 0 radical (unpaired) electrons. The highest BCUT2D eigenvalue weighted by molar-refractivity contribution is 9.10. The number of rotatable bonds is 5. The first-order valence-corrected chi connectivity index (χ1v) is 7.64. The van der Waals surface area contributed by atoms with Crippen LogP contribution in [-0.2, 0) is 6.42 Å². The Labute approximate surface area is 128 Å². The molecule has 0 heterocycles. The van der Waals surface area contributed by atoms with Gasteiger partial charge in [-0.2, -0.15) is 0 Å². The van der Waals surface area contributed by atoms with Gasteiger partial charge in [-0.1, -0.05) is 53.2 Å². The molecule has 0 aromatic heterocycles. The summed E-state index contributed by atoms with van der Waals surface area (Å²) in [5.41, 5.74) is 3.20. The van der Waals surface area contributed by atoms with Gasteiger partial charge in [-0.3, -0.25) is 0 Å². The molecular formula is C17H19BrFN. The number of hydrogen-bond acceptors (Lipinski definition) is 1. The van der Waals surface area contributed by atoms with Crippen molar-refractivity contribution in [2.24, 2.45) is 0 Å². The van der Waals surface area contributed by atoms with E-state index in [-0.39, 0.29) is 11.9 Å². The van der Waals surface area contributed by atoms with E-state index in [4.69, 9.17) is 0 Å². The molecule has 106 valence electrons. The Hall–Kier alpha value is -1.19. The average Bonchev–Trinajstić information content (AvgIpc) is 2.42. The zero-order valence-corrected chi connectivity index (χ0v) is 13.4. The molecule has 0 saturated heterocycles. The normalized spacial score (nSPS) is 12.4. The maximum atomic E-state index is 14.0. The molecule has 2 aromatic carbocycles. The Morgan fingerprint density at radius 1 is 1.20 bits per heavy atom. The average molecular weight is 336 g/mol. The van der Waals surface area contributed by atoms with Crippen LogP contribution in [0.4, 0.5) is 4.39 Å². The van der Waals surface area contributed by atoms with Crippen molar-refractivity contribution in [2.45, 2.75) is 26.3 Å².